The van der Waals surface area contributed by atoms with E-state index in [9.17, 15) is 26.4 Å². The fourth-order valence-electron chi connectivity index (χ4n) is 2.19. The lowest BCUT2D eigenvalue weighted by molar-refractivity contribution is -0.137. The van der Waals surface area contributed by atoms with Crippen molar-refractivity contribution in [1.29, 1.82) is 0 Å². The summed E-state index contributed by atoms with van der Waals surface area (Å²) in [6.07, 6.45) is -4.68. The van der Waals surface area contributed by atoms with Crippen molar-refractivity contribution in [2.75, 3.05) is 11.3 Å². The van der Waals surface area contributed by atoms with Crippen LogP contribution in [0.2, 0.25) is 5.02 Å². The monoisotopic (exact) mass is 434 g/mol. The highest BCUT2D eigenvalue weighted by atomic mass is 35.5. The molecule has 2 N–H and O–H groups in total. The van der Waals surface area contributed by atoms with Gasteiger partial charge in [0.15, 0.2) is 0 Å². The van der Waals surface area contributed by atoms with Crippen molar-refractivity contribution in [2.24, 2.45) is 5.92 Å². The van der Waals surface area contributed by atoms with Crippen LogP contribution in [0.4, 0.5) is 18.9 Å². The van der Waals surface area contributed by atoms with Gasteiger partial charge in [0.2, 0.25) is 0 Å². The molecule has 28 heavy (non-hydrogen) atoms. The third kappa shape index (κ3) is 5.62. The van der Waals surface area contributed by atoms with Crippen LogP contribution >= 0.6 is 11.6 Å². The Balaban J connectivity index is 2.31. The molecule has 0 saturated heterocycles. The van der Waals surface area contributed by atoms with Gasteiger partial charge in [0.25, 0.3) is 15.9 Å². The Hall–Kier alpha value is -2.26. The first-order valence-electron chi connectivity index (χ1n) is 8.18. The van der Waals surface area contributed by atoms with Gasteiger partial charge >= 0.3 is 6.18 Å². The predicted molar refractivity (Wildman–Crippen MR) is 101 cm³/mol. The van der Waals surface area contributed by atoms with Crippen LogP contribution in [0.15, 0.2) is 47.4 Å². The minimum atomic E-state index is -4.68. The number of carbonyl (C=O) groups is 1. The van der Waals surface area contributed by atoms with Gasteiger partial charge in [0, 0.05) is 12.1 Å². The largest absolute Gasteiger partial charge is 0.416 e. The standard InChI is InChI=1S/C18H18ClF3N2O3S/c1-11(2)10-23-17(25)12-6-7-15(19)16(8-12)24-28(26,27)14-5-3-4-13(9-14)18(20,21)22/h3-9,11,24H,10H2,1-2H3,(H,23,25). The average molecular weight is 435 g/mol. The maximum atomic E-state index is 12.8. The first kappa shape index (κ1) is 22.0. The van der Waals surface area contributed by atoms with Crippen LogP contribution < -0.4 is 10.0 Å². The number of amides is 1. The number of carbonyl (C=O) groups excluding carboxylic acids is 1. The second kappa shape index (κ2) is 8.40. The summed E-state index contributed by atoms with van der Waals surface area (Å²) in [6, 6.07) is 7.29. The Kier molecular flexibility index (Phi) is 6.61. The smallest absolute Gasteiger partial charge is 0.352 e. The molecule has 2 aromatic carbocycles. The molecular weight excluding hydrogens is 417 g/mol. The topological polar surface area (TPSA) is 75.3 Å². The minimum Gasteiger partial charge on any atom is -0.352 e. The molecule has 0 heterocycles. The van der Waals surface area contributed by atoms with Crippen molar-refractivity contribution >= 4 is 33.2 Å². The lowest BCUT2D eigenvalue weighted by atomic mass is 10.1. The average Bonchev–Trinajstić information content (AvgIpc) is 2.60. The number of anilines is 1. The predicted octanol–water partition coefficient (Wildman–Crippen LogP) is 4.55. The Bertz CT molecular complexity index is 976. The Morgan fingerprint density at radius 3 is 2.43 bits per heavy atom. The van der Waals surface area contributed by atoms with E-state index in [2.05, 4.69) is 10.0 Å². The summed E-state index contributed by atoms with van der Waals surface area (Å²) in [4.78, 5) is 11.6. The molecule has 0 aliphatic rings. The van der Waals surface area contributed by atoms with E-state index in [0.29, 0.717) is 12.6 Å². The second-order valence-electron chi connectivity index (χ2n) is 6.43. The first-order valence-corrected chi connectivity index (χ1v) is 10.0. The van der Waals surface area contributed by atoms with Gasteiger partial charge < -0.3 is 5.32 Å². The second-order valence-corrected chi connectivity index (χ2v) is 8.52. The number of hydrogen-bond acceptors (Lipinski definition) is 3. The van der Waals surface area contributed by atoms with E-state index in [4.69, 9.17) is 11.6 Å². The molecule has 0 atom stereocenters. The van der Waals surface area contributed by atoms with E-state index >= 15 is 0 Å². The number of rotatable bonds is 6. The minimum absolute atomic E-state index is 0.00374. The molecule has 1 amide bonds. The summed E-state index contributed by atoms with van der Waals surface area (Å²) in [6.45, 7) is 4.25. The molecule has 152 valence electrons. The Morgan fingerprint density at radius 1 is 1.14 bits per heavy atom. The molecule has 0 saturated carbocycles. The highest BCUT2D eigenvalue weighted by molar-refractivity contribution is 7.92. The van der Waals surface area contributed by atoms with Crippen LogP contribution in [-0.2, 0) is 16.2 Å². The number of sulfonamides is 1. The molecule has 0 unspecified atom stereocenters. The molecule has 0 spiro atoms. The van der Waals surface area contributed by atoms with Gasteiger partial charge in [0.05, 0.1) is 21.2 Å². The molecule has 0 aliphatic carbocycles. The Morgan fingerprint density at radius 2 is 1.82 bits per heavy atom. The SMILES string of the molecule is CC(C)CNC(=O)c1ccc(Cl)c(NS(=O)(=O)c2cccc(C(F)(F)F)c2)c1. The molecule has 0 aromatic heterocycles. The van der Waals surface area contributed by atoms with E-state index in [-0.39, 0.29) is 22.2 Å². The zero-order valence-corrected chi connectivity index (χ0v) is 16.5. The van der Waals surface area contributed by atoms with E-state index in [1.54, 1.807) is 0 Å². The Labute approximate surface area is 166 Å². The van der Waals surface area contributed by atoms with Crippen LogP contribution in [0, 0.1) is 5.92 Å². The van der Waals surface area contributed by atoms with Crippen LogP contribution in [-0.4, -0.2) is 20.9 Å². The fraction of sp³-hybridized carbons (Fsp3) is 0.278. The molecule has 0 aliphatic heterocycles. The van der Waals surface area contributed by atoms with Crippen LogP contribution in [0.5, 0.6) is 0 Å². The third-order valence-corrected chi connectivity index (χ3v) is 5.31. The number of hydrogen-bond donors (Lipinski definition) is 2. The van der Waals surface area contributed by atoms with Gasteiger partial charge in [-0.25, -0.2) is 8.42 Å². The summed E-state index contributed by atoms with van der Waals surface area (Å²) in [5.74, 6) is -0.208. The number of nitrogens with one attached hydrogen (secondary N) is 2. The molecule has 5 nitrogen and oxygen atoms in total. The van der Waals surface area contributed by atoms with Crippen molar-refractivity contribution in [2.45, 2.75) is 24.9 Å². The highest BCUT2D eigenvalue weighted by Crippen LogP contribution is 2.31. The molecular formula is C18H18ClF3N2O3S. The number of halogens is 4. The van der Waals surface area contributed by atoms with E-state index in [1.807, 2.05) is 13.8 Å². The van der Waals surface area contributed by atoms with Crippen molar-refractivity contribution in [3.8, 4) is 0 Å². The maximum Gasteiger partial charge on any atom is 0.416 e. The van der Waals surface area contributed by atoms with Crippen LogP contribution in [0.1, 0.15) is 29.8 Å². The number of alkyl halides is 3. The van der Waals surface area contributed by atoms with Crippen LogP contribution in [0.25, 0.3) is 0 Å². The van der Waals surface area contributed by atoms with Gasteiger partial charge in [-0.15, -0.1) is 0 Å². The van der Waals surface area contributed by atoms with Crippen LogP contribution in [0.3, 0.4) is 0 Å². The van der Waals surface area contributed by atoms with Gasteiger partial charge in [-0.3, -0.25) is 9.52 Å². The quantitative estimate of drug-likeness (QED) is 0.700. The van der Waals surface area contributed by atoms with Gasteiger partial charge in [0.1, 0.15) is 0 Å². The molecule has 0 fully saturated rings. The normalized spacial score (nSPS) is 12.1. The van der Waals surface area contributed by atoms with Gasteiger partial charge in [-0.05, 0) is 42.3 Å². The van der Waals surface area contributed by atoms with Crippen molar-refractivity contribution < 1.29 is 26.4 Å². The lowest BCUT2D eigenvalue weighted by Crippen LogP contribution is -2.27. The van der Waals surface area contributed by atoms with Gasteiger partial charge in [-0.2, -0.15) is 13.2 Å². The first-order chi connectivity index (χ1) is 12.9. The summed E-state index contributed by atoms with van der Waals surface area (Å²) >= 11 is 5.99. The number of benzene rings is 2. The lowest BCUT2D eigenvalue weighted by Gasteiger charge is -2.13. The van der Waals surface area contributed by atoms with E-state index < -0.39 is 32.6 Å². The van der Waals surface area contributed by atoms with Crippen molar-refractivity contribution in [3.05, 3.63) is 58.6 Å². The van der Waals surface area contributed by atoms with Crippen molar-refractivity contribution in [3.63, 3.8) is 0 Å². The zero-order chi connectivity index (χ0) is 21.1. The third-order valence-electron chi connectivity index (χ3n) is 3.62. The molecule has 0 radical (unpaired) electrons. The summed E-state index contributed by atoms with van der Waals surface area (Å²) in [7, 11) is -4.35. The zero-order valence-electron chi connectivity index (χ0n) is 15.0. The maximum absolute atomic E-state index is 12.8. The summed E-state index contributed by atoms with van der Waals surface area (Å²) in [5, 5.41) is 2.68. The van der Waals surface area contributed by atoms with E-state index in [1.165, 1.54) is 18.2 Å². The van der Waals surface area contributed by atoms with Gasteiger partial charge in [-0.1, -0.05) is 31.5 Å². The summed E-state index contributed by atoms with van der Waals surface area (Å²) in [5.41, 5.74) is -1.05. The molecule has 0 bridgehead atoms. The molecule has 2 rings (SSSR count). The highest BCUT2D eigenvalue weighted by Gasteiger charge is 2.31. The molecule has 2 aromatic rings. The van der Waals surface area contributed by atoms with E-state index in [0.717, 1.165) is 18.2 Å². The molecule has 10 heteroatoms. The summed E-state index contributed by atoms with van der Waals surface area (Å²) < 4.78 is 65.6. The van der Waals surface area contributed by atoms with Crippen molar-refractivity contribution in [1.82, 2.24) is 5.32 Å². The fourth-order valence-corrected chi connectivity index (χ4v) is 3.52.